The number of hydrogen-bond acceptors (Lipinski definition) is 16. The monoisotopic (exact) mass is 545 g/mol. The lowest BCUT2D eigenvalue weighted by Gasteiger charge is -2.48. The first-order chi connectivity index (χ1) is 17.4. The molecule has 1 amide bonds. The number of aliphatic hydroxyl groups excluding tert-OH is 10. The molecule has 216 valence electrons. The van der Waals surface area contributed by atoms with Crippen LogP contribution in [0.1, 0.15) is 6.92 Å². The second kappa shape index (κ2) is 12.8. The predicted molar refractivity (Wildman–Crippen MR) is 113 cm³/mol. The average Bonchev–Trinajstić information content (AvgIpc) is 2.86. The highest BCUT2D eigenvalue weighted by Gasteiger charge is 2.53. The van der Waals surface area contributed by atoms with Crippen molar-refractivity contribution in [3.05, 3.63) is 0 Å². The third-order valence-electron chi connectivity index (χ3n) is 6.49. The molecule has 0 saturated carbocycles. The smallest absolute Gasteiger partial charge is 0.217 e. The normalized spacial score (nSPS) is 49.0. The number of aliphatic hydroxyl groups is 10. The molecule has 11 N–H and O–H groups in total. The van der Waals surface area contributed by atoms with Crippen molar-refractivity contribution in [2.45, 2.75) is 99.0 Å². The molecular weight excluding hydrogens is 510 g/mol. The molecule has 17 heteroatoms. The Morgan fingerprint density at radius 3 is 1.76 bits per heavy atom. The fraction of sp³-hybridized carbons (Fsp3) is 0.950. The molecule has 3 aliphatic rings. The maximum absolute atomic E-state index is 11.7. The maximum atomic E-state index is 11.7. The van der Waals surface area contributed by atoms with Gasteiger partial charge < -0.3 is 80.1 Å². The summed E-state index contributed by atoms with van der Waals surface area (Å²) in [7, 11) is 0. The van der Waals surface area contributed by atoms with Crippen molar-refractivity contribution in [1.82, 2.24) is 5.32 Å². The Morgan fingerprint density at radius 2 is 1.19 bits per heavy atom. The van der Waals surface area contributed by atoms with Gasteiger partial charge in [-0.3, -0.25) is 4.79 Å². The average molecular weight is 545 g/mol. The summed E-state index contributed by atoms with van der Waals surface area (Å²) in [6.45, 7) is -1.25. The molecule has 0 unspecified atom stereocenters. The summed E-state index contributed by atoms with van der Waals surface area (Å²) >= 11 is 0. The Hall–Kier alpha value is -1.13. The predicted octanol–water partition coefficient (Wildman–Crippen LogP) is -7.43. The number of hydrogen-bond donors (Lipinski definition) is 11. The van der Waals surface area contributed by atoms with Crippen LogP contribution in [0.3, 0.4) is 0 Å². The van der Waals surface area contributed by atoms with E-state index in [0.717, 1.165) is 6.92 Å². The Labute approximate surface area is 210 Å². The molecule has 3 heterocycles. The third kappa shape index (κ3) is 6.38. The lowest BCUT2D eigenvalue weighted by atomic mass is 9.95. The number of carbonyl (C=O) groups is 1. The van der Waals surface area contributed by atoms with E-state index in [2.05, 4.69) is 5.32 Å². The Bertz CT molecular complexity index is 745. The van der Waals surface area contributed by atoms with Crippen LogP contribution >= 0.6 is 0 Å². The van der Waals surface area contributed by atoms with Crippen molar-refractivity contribution >= 4 is 5.91 Å². The van der Waals surface area contributed by atoms with Crippen molar-refractivity contribution in [2.24, 2.45) is 0 Å². The van der Waals surface area contributed by atoms with Crippen molar-refractivity contribution in [3.8, 4) is 0 Å². The number of nitrogens with one attached hydrogen (secondary N) is 1. The van der Waals surface area contributed by atoms with Crippen LogP contribution in [0.4, 0.5) is 0 Å². The summed E-state index contributed by atoms with van der Waals surface area (Å²) in [4.78, 5) is 11.7. The summed E-state index contributed by atoms with van der Waals surface area (Å²) in [5.74, 6) is -0.652. The Kier molecular flexibility index (Phi) is 10.5. The summed E-state index contributed by atoms with van der Waals surface area (Å²) < 4.78 is 27.0. The SMILES string of the molecule is CC(=O)N[C@H]1[C@H](O[C@@H]2[C@H](O)[C@H](O[C@H]3[C@H](O)[C@@H](O)[C@H](O)O[C@@H]3CO)O[C@H](CO)[C@H]2O)O[C@H](CO)[C@@H](O)[C@@H]1O. The Morgan fingerprint density at radius 1 is 0.649 bits per heavy atom. The van der Waals surface area contributed by atoms with Crippen LogP contribution in [0.5, 0.6) is 0 Å². The van der Waals surface area contributed by atoms with E-state index in [-0.39, 0.29) is 0 Å². The summed E-state index contributed by atoms with van der Waals surface area (Å²) in [6.07, 6.45) is -23.4. The zero-order chi connectivity index (χ0) is 27.6. The van der Waals surface area contributed by atoms with E-state index in [4.69, 9.17) is 23.7 Å². The molecule has 3 rings (SSSR count). The zero-order valence-electron chi connectivity index (χ0n) is 19.7. The molecule has 0 aromatic rings. The van der Waals surface area contributed by atoms with Crippen LogP contribution in [0.15, 0.2) is 0 Å². The highest BCUT2D eigenvalue weighted by molar-refractivity contribution is 5.73. The van der Waals surface area contributed by atoms with Crippen LogP contribution in [0.2, 0.25) is 0 Å². The van der Waals surface area contributed by atoms with Gasteiger partial charge in [0.2, 0.25) is 5.91 Å². The largest absolute Gasteiger partial charge is 0.394 e. The van der Waals surface area contributed by atoms with E-state index in [1.165, 1.54) is 0 Å². The van der Waals surface area contributed by atoms with Gasteiger partial charge in [-0.15, -0.1) is 0 Å². The summed E-state index contributed by atoms with van der Waals surface area (Å²) in [5.41, 5.74) is 0. The highest BCUT2D eigenvalue weighted by Crippen LogP contribution is 2.32. The van der Waals surface area contributed by atoms with Gasteiger partial charge in [-0.1, -0.05) is 0 Å². The van der Waals surface area contributed by atoms with Gasteiger partial charge in [-0.2, -0.15) is 0 Å². The van der Waals surface area contributed by atoms with Crippen LogP contribution in [0, 0.1) is 0 Å². The lowest BCUT2D eigenvalue weighted by molar-refractivity contribution is -0.373. The molecule has 37 heavy (non-hydrogen) atoms. The first-order valence-electron chi connectivity index (χ1n) is 11.6. The van der Waals surface area contributed by atoms with E-state index in [1.54, 1.807) is 0 Å². The third-order valence-corrected chi connectivity index (χ3v) is 6.49. The van der Waals surface area contributed by atoms with Crippen molar-refractivity contribution in [3.63, 3.8) is 0 Å². The number of amides is 1. The van der Waals surface area contributed by atoms with E-state index in [0.29, 0.717) is 0 Å². The van der Waals surface area contributed by atoms with E-state index in [1.807, 2.05) is 0 Å². The van der Waals surface area contributed by atoms with Gasteiger partial charge >= 0.3 is 0 Å². The molecule has 3 saturated heterocycles. The number of carbonyl (C=O) groups excluding carboxylic acids is 1. The Balaban J connectivity index is 1.83. The molecule has 3 fully saturated rings. The van der Waals surface area contributed by atoms with Gasteiger partial charge in [-0.05, 0) is 0 Å². The van der Waals surface area contributed by atoms with E-state index < -0.39 is 118 Å². The zero-order valence-corrected chi connectivity index (χ0v) is 19.7. The van der Waals surface area contributed by atoms with Crippen molar-refractivity contribution in [2.75, 3.05) is 19.8 Å². The van der Waals surface area contributed by atoms with Crippen LogP contribution < -0.4 is 5.32 Å². The van der Waals surface area contributed by atoms with Crippen LogP contribution in [0.25, 0.3) is 0 Å². The van der Waals surface area contributed by atoms with Gasteiger partial charge in [0.25, 0.3) is 0 Å². The van der Waals surface area contributed by atoms with Crippen molar-refractivity contribution < 1.29 is 79.5 Å². The first kappa shape index (κ1) is 30.4. The minimum atomic E-state index is -1.91. The van der Waals surface area contributed by atoms with Crippen LogP contribution in [-0.4, -0.2) is 169 Å². The molecule has 0 aromatic heterocycles. The maximum Gasteiger partial charge on any atom is 0.217 e. The minimum Gasteiger partial charge on any atom is -0.394 e. The van der Waals surface area contributed by atoms with Gasteiger partial charge in [0.05, 0.1) is 19.8 Å². The molecule has 3 aliphatic heterocycles. The number of rotatable bonds is 8. The molecular formula is C20H35NO16. The van der Waals surface area contributed by atoms with Gasteiger partial charge in [0.1, 0.15) is 73.2 Å². The van der Waals surface area contributed by atoms with E-state index >= 15 is 0 Å². The van der Waals surface area contributed by atoms with Gasteiger partial charge in [0, 0.05) is 6.92 Å². The quantitative estimate of drug-likeness (QED) is 0.135. The molecule has 17 nitrogen and oxygen atoms in total. The lowest BCUT2D eigenvalue weighted by Crippen LogP contribution is -2.68. The fourth-order valence-corrected chi connectivity index (χ4v) is 4.46. The number of ether oxygens (including phenoxy) is 5. The van der Waals surface area contributed by atoms with Crippen molar-refractivity contribution in [1.29, 1.82) is 0 Å². The summed E-state index contributed by atoms with van der Waals surface area (Å²) in [5, 5.41) is 103. The molecule has 0 aliphatic carbocycles. The van der Waals surface area contributed by atoms with Crippen LogP contribution in [-0.2, 0) is 28.5 Å². The highest BCUT2D eigenvalue weighted by atomic mass is 16.7. The van der Waals surface area contributed by atoms with E-state index in [9.17, 15) is 55.9 Å². The first-order valence-corrected chi connectivity index (χ1v) is 11.6. The van der Waals surface area contributed by atoms with Gasteiger partial charge in [-0.25, -0.2) is 0 Å². The second-order valence-corrected chi connectivity index (χ2v) is 9.07. The standard InChI is InChI=1S/C20H35NO16/c1-5(25)21-9-12(28)10(26)6(2-22)34-19(9)37-17-11(27)7(3-23)35-20(15(17)31)36-16-8(4-24)33-18(32)14(30)13(16)29/h6-20,22-24,26-32H,2-4H2,1H3,(H,21,25)/t6-,7-,8-,9-,10-,11-,12-,13-,14-,15+,16-,17+,18-,19+,20+/m1/s1. The molecule has 0 bridgehead atoms. The van der Waals surface area contributed by atoms with Gasteiger partial charge in [0.15, 0.2) is 18.9 Å². The second-order valence-electron chi connectivity index (χ2n) is 9.07. The fourth-order valence-electron chi connectivity index (χ4n) is 4.46. The molecule has 0 radical (unpaired) electrons. The molecule has 0 spiro atoms. The molecule has 0 aromatic carbocycles. The topological polar surface area (TPSA) is 278 Å². The summed E-state index contributed by atoms with van der Waals surface area (Å²) in [6, 6.07) is -1.42. The molecule has 15 atom stereocenters. The minimum absolute atomic E-state index is 0.652.